The maximum Gasteiger partial charge on any atom is 0.0641 e. The van der Waals surface area contributed by atoms with Gasteiger partial charge in [0.2, 0.25) is 0 Å². The third-order valence-electron chi connectivity index (χ3n) is 1.35. The van der Waals surface area contributed by atoms with Crippen molar-refractivity contribution in [3.05, 3.63) is 35.1 Å². The van der Waals surface area contributed by atoms with Gasteiger partial charge in [0.05, 0.1) is 5.69 Å². The number of pyridine rings is 1. The minimum Gasteiger partial charge on any atom is -0.316 e. The summed E-state index contributed by atoms with van der Waals surface area (Å²) in [6, 6.07) is 3.59. The first-order valence-electron chi connectivity index (χ1n) is 3.75. The minimum absolute atomic E-state index is 0.717. The van der Waals surface area contributed by atoms with Crippen LogP contribution in [0.25, 0.3) is 6.08 Å². The van der Waals surface area contributed by atoms with E-state index in [1.807, 2.05) is 25.3 Å². The highest BCUT2D eigenvalue weighted by Crippen LogP contribution is 2.08. The van der Waals surface area contributed by atoms with Gasteiger partial charge < -0.3 is 5.32 Å². The minimum atomic E-state index is 0.717. The van der Waals surface area contributed by atoms with Gasteiger partial charge in [0.25, 0.3) is 0 Å². The zero-order valence-electron chi connectivity index (χ0n) is 6.92. The van der Waals surface area contributed by atoms with Crippen molar-refractivity contribution >= 4 is 17.7 Å². The van der Waals surface area contributed by atoms with Gasteiger partial charge in [-0.15, -0.1) is 0 Å². The Morgan fingerprint density at radius 2 is 2.50 bits per heavy atom. The van der Waals surface area contributed by atoms with Crippen LogP contribution in [-0.4, -0.2) is 18.6 Å². The Morgan fingerprint density at radius 1 is 1.67 bits per heavy atom. The quantitative estimate of drug-likeness (QED) is 0.773. The van der Waals surface area contributed by atoms with Crippen molar-refractivity contribution in [3.63, 3.8) is 0 Å². The molecule has 0 radical (unpaired) electrons. The van der Waals surface area contributed by atoms with Crippen LogP contribution in [0.5, 0.6) is 0 Å². The maximum absolute atomic E-state index is 5.77. The Labute approximate surface area is 77.3 Å². The van der Waals surface area contributed by atoms with Crippen LogP contribution in [-0.2, 0) is 0 Å². The van der Waals surface area contributed by atoms with E-state index in [-0.39, 0.29) is 0 Å². The summed E-state index contributed by atoms with van der Waals surface area (Å²) < 4.78 is 0. The van der Waals surface area contributed by atoms with Crippen LogP contribution >= 0.6 is 11.6 Å². The second kappa shape index (κ2) is 4.91. The highest BCUT2D eigenvalue weighted by molar-refractivity contribution is 6.30. The van der Waals surface area contributed by atoms with Crippen molar-refractivity contribution in [1.82, 2.24) is 10.3 Å². The lowest BCUT2D eigenvalue weighted by atomic mass is 10.3. The highest BCUT2D eigenvalue weighted by atomic mass is 35.5. The fraction of sp³-hybridized carbons (Fsp3) is 0.222. The second-order valence-electron chi connectivity index (χ2n) is 2.36. The van der Waals surface area contributed by atoms with Crippen LogP contribution in [0, 0.1) is 0 Å². The van der Waals surface area contributed by atoms with Crippen molar-refractivity contribution in [2.75, 3.05) is 13.6 Å². The predicted octanol–water partition coefficient (Wildman–Crippen LogP) is 1.97. The zero-order valence-corrected chi connectivity index (χ0v) is 7.67. The van der Waals surface area contributed by atoms with Gasteiger partial charge >= 0.3 is 0 Å². The van der Waals surface area contributed by atoms with Gasteiger partial charge in [0.1, 0.15) is 0 Å². The molecule has 0 atom stereocenters. The summed E-state index contributed by atoms with van der Waals surface area (Å²) in [7, 11) is 1.90. The molecule has 0 spiro atoms. The summed E-state index contributed by atoms with van der Waals surface area (Å²) in [5, 5.41) is 3.72. The van der Waals surface area contributed by atoms with Crippen molar-refractivity contribution < 1.29 is 0 Å². The Kier molecular flexibility index (Phi) is 3.77. The lowest BCUT2D eigenvalue weighted by Crippen LogP contribution is -2.03. The SMILES string of the molecule is CNCC=Cc1cc(Cl)ccn1. The van der Waals surface area contributed by atoms with Gasteiger partial charge in [0, 0.05) is 17.8 Å². The molecule has 2 nitrogen and oxygen atoms in total. The molecule has 1 rings (SSSR count). The standard InChI is InChI=1S/C9H11ClN2/c1-11-5-2-3-9-7-8(10)4-6-12-9/h2-4,6-7,11H,5H2,1H3. The Bertz CT molecular complexity index is 271. The van der Waals surface area contributed by atoms with Gasteiger partial charge in [-0.05, 0) is 25.3 Å². The first-order valence-corrected chi connectivity index (χ1v) is 4.13. The number of aromatic nitrogens is 1. The number of nitrogens with one attached hydrogen (secondary N) is 1. The summed E-state index contributed by atoms with van der Waals surface area (Å²) in [6.45, 7) is 0.841. The average Bonchev–Trinajstić information content (AvgIpc) is 2.05. The fourth-order valence-electron chi connectivity index (χ4n) is 0.810. The summed E-state index contributed by atoms with van der Waals surface area (Å²) in [6.07, 6.45) is 5.63. The molecular weight excluding hydrogens is 172 g/mol. The third kappa shape index (κ3) is 3.03. The molecular formula is C9H11ClN2. The van der Waals surface area contributed by atoms with E-state index >= 15 is 0 Å². The van der Waals surface area contributed by atoms with Gasteiger partial charge in [-0.3, -0.25) is 4.98 Å². The number of likely N-dealkylation sites (N-methyl/N-ethyl adjacent to an activating group) is 1. The first kappa shape index (κ1) is 9.23. The van der Waals surface area contributed by atoms with Gasteiger partial charge in [-0.2, -0.15) is 0 Å². The van der Waals surface area contributed by atoms with Crippen molar-refractivity contribution in [1.29, 1.82) is 0 Å². The van der Waals surface area contributed by atoms with E-state index in [0.29, 0.717) is 5.02 Å². The Hall–Kier alpha value is -0.860. The number of hydrogen-bond acceptors (Lipinski definition) is 2. The first-order chi connectivity index (χ1) is 5.83. The normalized spacial score (nSPS) is 10.8. The number of hydrogen-bond donors (Lipinski definition) is 1. The summed E-state index contributed by atoms with van der Waals surface area (Å²) in [5.74, 6) is 0. The van der Waals surface area contributed by atoms with Crippen molar-refractivity contribution in [3.8, 4) is 0 Å². The van der Waals surface area contributed by atoms with E-state index in [4.69, 9.17) is 11.6 Å². The van der Waals surface area contributed by atoms with Gasteiger partial charge in [0.15, 0.2) is 0 Å². The van der Waals surface area contributed by atoms with Crippen LogP contribution in [0.15, 0.2) is 24.4 Å². The zero-order chi connectivity index (χ0) is 8.81. The van der Waals surface area contributed by atoms with Crippen LogP contribution in [0.1, 0.15) is 5.69 Å². The molecule has 1 heterocycles. The Morgan fingerprint density at radius 3 is 3.17 bits per heavy atom. The molecule has 1 N–H and O–H groups in total. The largest absolute Gasteiger partial charge is 0.316 e. The van der Waals surface area contributed by atoms with E-state index in [2.05, 4.69) is 10.3 Å². The molecule has 0 bridgehead atoms. The molecule has 0 unspecified atom stereocenters. The average molecular weight is 183 g/mol. The molecule has 0 aliphatic heterocycles. The van der Waals surface area contributed by atoms with E-state index < -0.39 is 0 Å². The lowest BCUT2D eigenvalue weighted by molar-refractivity contribution is 0.922. The van der Waals surface area contributed by atoms with E-state index in [0.717, 1.165) is 12.2 Å². The monoisotopic (exact) mass is 182 g/mol. The van der Waals surface area contributed by atoms with Crippen molar-refractivity contribution in [2.45, 2.75) is 0 Å². The number of rotatable bonds is 3. The summed E-state index contributed by atoms with van der Waals surface area (Å²) >= 11 is 5.77. The topological polar surface area (TPSA) is 24.9 Å². The molecule has 0 saturated carbocycles. The van der Waals surface area contributed by atoms with Crippen LogP contribution in [0.3, 0.4) is 0 Å². The molecule has 0 fully saturated rings. The lowest BCUT2D eigenvalue weighted by Gasteiger charge is -1.92. The maximum atomic E-state index is 5.77. The Balaban J connectivity index is 2.63. The molecule has 64 valence electrons. The smallest absolute Gasteiger partial charge is 0.0641 e. The molecule has 0 amide bonds. The molecule has 1 aromatic heterocycles. The highest BCUT2D eigenvalue weighted by Gasteiger charge is 1.88. The van der Waals surface area contributed by atoms with Crippen LogP contribution in [0.2, 0.25) is 5.02 Å². The second-order valence-corrected chi connectivity index (χ2v) is 2.80. The fourth-order valence-corrected chi connectivity index (χ4v) is 0.978. The molecule has 1 aromatic rings. The van der Waals surface area contributed by atoms with E-state index in [1.54, 1.807) is 12.3 Å². The molecule has 0 aliphatic rings. The van der Waals surface area contributed by atoms with Gasteiger partial charge in [-0.1, -0.05) is 17.7 Å². The van der Waals surface area contributed by atoms with Crippen molar-refractivity contribution in [2.24, 2.45) is 0 Å². The van der Waals surface area contributed by atoms with E-state index in [9.17, 15) is 0 Å². The summed E-state index contributed by atoms with van der Waals surface area (Å²) in [5.41, 5.74) is 0.887. The molecule has 0 aromatic carbocycles. The predicted molar refractivity (Wildman–Crippen MR) is 52.2 cm³/mol. The molecule has 3 heteroatoms. The number of halogens is 1. The number of nitrogens with zero attached hydrogens (tertiary/aromatic N) is 1. The molecule has 0 aliphatic carbocycles. The third-order valence-corrected chi connectivity index (χ3v) is 1.59. The van der Waals surface area contributed by atoms with Gasteiger partial charge in [-0.25, -0.2) is 0 Å². The summed E-state index contributed by atoms with van der Waals surface area (Å²) in [4.78, 5) is 4.11. The molecule has 0 saturated heterocycles. The van der Waals surface area contributed by atoms with Crippen LogP contribution in [0.4, 0.5) is 0 Å². The molecule has 12 heavy (non-hydrogen) atoms. The van der Waals surface area contributed by atoms with E-state index in [1.165, 1.54) is 0 Å². The van der Waals surface area contributed by atoms with Crippen LogP contribution < -0.4 is 5.32 Å².